The van der Waals surface area contributed by atoms with Crippen molar-refractivity contribution in [3.8, 4) is 0 Å². The van der Waals surface area contributed by atoms with Crippen LogP contribution in [0, 0.1) is 0 Å². The zero-order valence-electron chi connectivity index (χ0n) is 9.70. The number of aliphatic carboxylic acids is 1. The molecule has 1 heterocycles. The number of carbonyl (C=O) groups is 2. The number of carboxylic acid groups (broad SMARTS) is 1. The number of halogens is 1. The summed E-state index contributed by atoms with van der Waals surface area (Å²) in [5, 5.41) is 16.3. The van der Waals surface area contributed by atoms with E-state index in [4.69, 9.17) is 21.8 Å². The fourth-order valence-corrected chi connectivity index (χ4v) is 2.78. The molecule has 2 rings (SSSR count). The topological polar surface area (TPSA) is 139 Å². The molecule has 0 saturated heterocycles. The number of rotatable bonds is 3. The number of nitrogens with zero attached hydrogens (tertiary/aromatic N) is 1. The summed E-state index contributed by atoms with van der Waals surface area (Å²) in [6.07, 6.45) is 0.348. The maximum Gasteiger partial charge on any atom is 0.352 e. The highest BCUT2D eigenvalue weighted by Gasteiger charge is 2.28. The summed E-state index contributed by atoms with van der Waals surface area (Å²) in [5.41, 5.74) is -0.148. The standard InChI is InChI=1S/C10H8ClN3O5S/c11-4-1-5-6(2-8(4)20(12,18)19)13-7(3-15)9(14-5)10(16)17/h1-3,7,13H,(H,16,17)(H2,12,18,19). The van der Waals surface area contributed by atoms with E-state index in [0.29, 0.717) is 6.29 Å². The van der Waals surface area contributed by atoms with Crippen LogP contribution in [0.2, 0.25) is 5.02 Å². The maximum atomic E-state index is 11.3. The number of fused-ring (bicyclic) bond motifs is 1. The molecule has 0 radical (unpaired) electrons. The number of aldehydes is 1. The first-order chi connectivity index (χ1) is 9.24. The first-order valence-electron chi connectivity index (χ1n) is 5.14. The Morgan fingerprint density at radius 2 is 2.15 bits per heavy atom. The van der Waals surface area contributed by atoms with Gasteiger partial charge in [0.15, 0.2) is 5.71 Å². The second-order valence-corrected chi connectivity index (χ2v) is 5.84. The maximum absolute atomic E-state index is 11.3. The molecule has 10 heteroatoms. The summed E-state index contributed by atoms with van der Waals surface area (Å²) in [6.45, 7) is 0. The van der Waals surface area contributed by atoms with E-state index in [1.54, 1.807) is 0 Å². The van der Waals surface area contributed by atoms with Crippen LogP contribution in [0.3, 0.4) is 0 Å². The molecule has 1 aliphatic heterocycles. The van der Waals surface area contributed by atoms with E-state index in [0.717, 1.165) is 12.1 Å². The number of carboxylic acids is 1. The van der Waals surface area contributed by atoms with Gasteiger partial charge in [-0.1, -0.05) is 11.6 Å². The Bertz CT molecular complexity index is 744. The molecular formula is C10H8ClN3O5S. The molecule has 20 heavy (non-hydrogen) atoms. The van der Waals surface area contributed by atoms with E-state index in [2.05, 4.69) is 10.3 Å². The van der Waals surface area contributed by atoms with Gasteiger partial charge in [-0.05, 0) is 12.1 Å². The quantitative estimate of drug-likeness (QED) is 0.677. The lowest BCUT2D eigenvalue weighted by Gasteiger charge is -2.21. The Kier molecular flexibility index (Phi) is 3.50. The van der Waals surface area contributed by atoms with Crippen molar-refractivity contribution in [1.82, 2.24) is 0 Å². The van der Waals surface area contributed by atoms with E-state index in [9.17, 15) is 18.0 Å². The molecule has 0 spiro atoms. The predicted octanol–water partition coefficient (Wildman–Crippen LogP) is 0.138. The van der Waals surface area contributed by atoms with Crippen LogP contribution in [0.15, 0.2) is 22.0 Å². The van der Waals surface area contributed by atoms with Gasteiger partial charge in [0, 0.05) is 0 Å². The van der Waals surface area contributed by atoms with E-state index < -0.39 is 27.7 Å². The molecule has 0 aliphatic carbocycles. The molecule has 8 nitrogen and oxygen atoms in total. The molecule has 106 valence electrons. The van der Waals surface area contributed by atoms with Gasteiger partial charge in [-0.25, -0.2) is 23.3 Å². The predicted molar refractivity (Wildman–Crippen MR) is 71.0 cm³/mol. The van der Waals surface area contributed by atoms with Crippen LogP contribution < -0.4 is 10.5 Å². The number of nitrogens with one attached hydrogen (secondary N) is 1. The lowest BCUT2D eigenvalue weighted by Crippen LogP contribution is -2.38. The molecule has 1 aromatic rings. The van der Waals surface area contributed by atoms with Crippen molar-refractivity contribution in [3.05, 3.63) is 17.2 Å². The third kappa shape index (κ3) is 2.50. The zero-order chi connectivity index (χ0) is 15.1. The Morgan fingerprint density at radius 1 is 1.50 bits per heavy atom. The minimum atomic E-state index is -4.05. The van der Waals surface area contributed by atoms with Gasteiger partial charge in [0.1, 0.15) is 17.2 Å². The van der Waals surface area contributed by atoms with Crippen LogP contribution in [0.1, 0.15) is 0 Å². The van der Waals surface area contributed by atoms with Crippen molar-refractivity contribution >= 4 is 51.0 Å². The minimum Gasteiger partial charge on any atom is -0.477 e. The molecule has 1 aromatic carbocycles. The Hall–Kier alpha value is -1.97. The molecule has 1 unspecified atom stereocenters. The summed E-state index contributed by atoms with van der Waals surface area (Å²) < 4.78 is 22.7. The third-order valence-corrected chi connectivity index (χ3v) is 3.93. The van der Waals surface area contributed by atoms with Gasteiger partial charge in [-0.2, -0.15) is 0 Å². The van der Waals surface area contributed by atoms with Crippen molar-refractivity contribution < 1.29 is 23.1 Å². The largest absolute Gasteiger partial charge is 0.477 e. The van der Waals surface area contributed by atoms with Crippen LogP contribution in [-0.2, 0) is 19.6 Å². The average Bonchev–Trinajstić information content (AvgIpc) is 2.34. The third-order valence-electron chi connectivity index (χ3n) is 2.56. The Morgan fingerprint density at radius 3 is 2.65 bits per heavy atom. The number of anilines is 1. The lowest BCUT2D eigenvalue weighted by molar-refractivity contribution is -0.129. The highest BCUT2D eigenvalue weighted by Crippen LogP contribution is 2.36. The fourth-order valence-electron chi connectivity index (χ4n) is 1.68. The number of sulfonamides is 1. The summed E-state index contributed by atoms with van der Waals surface area (Å²) in [7, 11) is -4.05. The van der Waals surface area contributed by atoms with Crippen LogP contribution in [0.5, 0.6) is 0 Å². The molecule has 0 saturated carbocycles. The highest BCUT2D eigenvalue weighted by atomic mass is 35.5. The summed E-state index contributed by atoms with van der Waals surface area (Å²) >= 11 is 5.77. The molecule has 0 bridgehead atoms. The second kappa shape index (κ2) is 4.85. The summed E-state index contributed by atoms with van der Waals surface area (Å²) in [4.78, 5) is 25.3. The summed E-state index contributed by atoms with van der Waals surface area (Å²) in [6, 6.07) is 1.08. The second-order valence-electron chi connectivity index (χ2n) is 3.91. The van der Waals surface area contributed by atoms with Crippen LogP contribution in [0.4, 0.5) is 11.4 Å². The van der Waals surface area contributed by atoms with Gasteiger partial charge in [-0.3, -0.25) is 0 Å². The van der Waals surface area contributed by atoms with Gasteiger partial charge >= 0.3 is 5.97 Å². The minimum absolute atomic E-state index is 0.109. The first kappa shape index (κ1) is 14.4. The zero-order valence-corrected chi connectivity index (χ0v) is 11.3. The molecule has 1 aliphatic rings. The van der Waals surface area contributed by atoms with E-state index >= 15 is 0 Å². The fraction of sp³-hybridized carbons (Fsp3) is 0.100. The number of hydrogen-bond acceptors (Lipinski definition) is 6. The first-order valence-corrected chi connectivity index (χ1v) is 7.06. The number of nitrogens with two attached hydrogens (primary N) is 1. The Labute approximate surface area is 118 Å². The van der Waals surface area contributed by atoms with Gasteiger partial charge in [0.25, 0.3) is 0 Å². The number of hydrogen-bond donors (Lipinski definition) is 3. The lowest BCUT2D eigenvalue weighted by atomic mass is 10.1. The van der Waals surface area contributed by atoms with E-state index in [1.807, 2.05) is 0 Å². The van der Waals surface area contributed by atoms with Crippen molar-refractivity contribution in [3.63, 3.8) is 0 Å². The van der Waals surface area contributed by atoms with Gasteiger partial charge in [0.05, 0.1) is 16.4 Å². The number of carbonyl (C=O) groups excluding carboxylic acids is 1. The van der Waals surface area contributed by atoms with Gasteiger partial charge in [0.2, 0.25) is 10.0 Å². The molecule has 1 atom stereocenters. The molecule has 0 amide bonds. The van der Waals surface area contributed by atoms with E-state index in [-0.39, 0.29) is 21.3 Å². The van der Waals surface area contributed by atoms with Gasteiger partial charge in [-0.15, -0.1) is 0 Å². The SMILES string of the molecule is NS(=O)(=O)c1cc2c(cc1Cl)N=C(C(=O)O)C(C=O)N2. The van der Waals surface area contributed by atoms with Crippen LogP contribution in [0.25, 0.3) is 0 Å². The summed E-state index contributed by atoms with van der Waals surface area (Å²) in [5.74, 6) is -1.37. The normalized spacial score (nSPS) is 17.7. The highest BCUT2D eigenvalue weighted by molar-refractivity contribution is 7.89. The molecule has 0 aromatic heterocycles. The number of benzene rings is 1. The Balaban J connectivity index is 2.65. The number of aliphatic imine (C=N–C) groups is 1. The van der Waals surface area contributed by atoms with Crippen molar-refractivity contribution in [2.45, 2.75) is 10.9 Å². The molecule has 0 fully saturated rings. The van der Waals surface area contributed by atoms with Crippen LogP contribution in [-0.4, -0.2) is 37.5 Å². The smallest absolute Gasteiger partial charge is 0.352 e. The van der Waals surface area contributed by atoms with Crippen LogP contribution >= 0.6 is 11.6 Å². The van der Waals surface area contributed by atoms with Gasteiger partial charge < -0.3 is 15.2 Å². The molecule has 4 N–H and O–H groups in total. The van der Waals surface area contributed by atoms with Crippen molar-refractivity contribution in [2.24, 2.45) is 10.1 Å². The van der Waals surface area contributed by atoms with Crippen molar-refractivity contribution in [1.29, 1.82) is 0 Å². The number of primary sulfonamides is 1. The average molecular weight is 318 g/mol. The van der Waals surface area contributed by atoms with E-state index in [1.165, 1.54) is 0 Å². The monoisotopic (exact) mass is 317 g/mol. The molecular weight excluding hydrogens is 310 g/mol. The van der Waals surface area contributed by atoms with Crippen molar-refractivity contribution in [2.75, 3.05) is 5.32 Å².